The second kappa shape index (κ2) is 11.4. The van der Waals surface area contributed by atoms with E-state index in [-0.39, 0.29) is 30.2 Å². The van der Waals surface area contributed by atoms with Crippen molar-refractivity contribution in [1.82, 2.24) is 10.2 Å². The smallest absolute Gasteiger partial charge is 0.348 e. The molecule has 0 spiro atoms. The second-order valence-electron chi connectivity index (χ2n) is 7.56. The zero-order valence-electron chi connectivity index (χ0n) is 17.9. The minimum absolute atomic E-state index is 0.00901. The van der Waals surface area contributed by atoms with E-state index < -0.39 is 0 Å². The molecule has 31 heavy (non-hydrogen) atoms. The number of ether oxygens (including phenoxy) is 1. The molecule has 2 aromatic heterocycles. The van der Waals surface area contributed by atoms with Crippen LogP contribution in [0.5, 0.6) is 0 Å². The van der Waals surface area contributed by atoms with E-state index in [9.17, 15) is 14.4 Å². The molecule has 1 fully saturated rings. The van der Waals surface area contributed by atoms with E-state index in [1.165, 1.54) is 16.2 Å². The molecule has 0 aromatic carbocycles. The van der Waals surface area contributed by atoms with Crippen LogP contribution in [0.3, 0.4) is 0 Å². The summed E-state index contributed by atoms with van der Waals surface area (Å²) in [7, 11) is 0. The van der Waals surface area contributed by atoms with Gasteiger partial charge in [-0.05, 0) is 69.3 Å². The summed E-state index contributed by atoms with van der Waals surface area (Å²) in [4.78, 5) is 40.6. The average Bonchev–Trinajstić information content (AvgIpc) is 3.38. The zero-order chi connectivity index (χ0) is 22.2. The topological polar surface area (TPSA) is 87.7 Å². The summed E-state index contributed by atoms with van der Waals surface area (Å²) in [6.07, 6.45) is 2.37. The first-order valence-electron chi connectivity index (χ1n) is 10.6. The molecule has 1 saturated heterocycles. The third-order valence-electron chi connectivity index (χ3n) is 5.22. The molecule has 0 unspecified atom stereocenters. The Balaban J connectivity index is 1.38. The number of likely N-dealkylation sites (tertiary alicyclic amines) is 1. The molecule has 168 valence electrons. The summed E-state index contributed by atoms with van der Waals surface area (Å²) < 4.78 is 5.04. The molecule has 2 aromatic rings. The Morgan fingerprint density at radius 2 is 2.03 bits per heavy atom. The maximum absolute atomic E-state index is 12.4. The highest BCUT2D eigenvalue weighted by Crippen LogP contribution is 2.27. The number of anilines is 1. The Morgan fingerprint density at radius 1 is 1.26 bits per heavy atom. The largest absolute Gasteiger partial charge is 0.462 e. The summed E-state index contributed by atoms with van der Waals surface area (Å²) in [6.45, 7) is 6.28. The average molecular weight is 464 g/mol. The number of piperidine rings is 1. The van der Waals surface area contributed by atoms with Gasteiger partial charge in [-0.3, -0.25) is 14.5 Å². The van der Waals surface area contributed by atoms with Crippen LogP contribution in [0.15, 0.2) is 23.6 Å². The van der Waals surface area contributed by atoms with Crippen molar-refractivity contribution < 1.29 is 19.1 Å². The van der Waals surface area contributed by atoms with Gasteiger partial charge in [-0.1, -0.05) is 6.07 Å². The molecule has 0 saturated carbocycles. The van der Waals surface area contributed by atoms with Gasteiger partial charge in [0.15, 0.2) is 0 Å². The van der Waals surface area contributed by atoms with Crippen molar-refractivity contribution in [1.29, 1.82) is 0 Å². The third-order valence-corrected chi connectivity index (χ3v) is 7.29. The lowest BCUT2D eigenvalue weighted by Gasteiger charge is -2.30. The first kappa shape index (κ1) is 23.4. The second-order valence-corrected chi connectivity index (χ2v) is 9.65. The van der Waals surface area contributed by atoms with Gasteiger partial charge >= 0.3 is 5.97 Å². The fraction of sp³-hybridized carbons (Fsp3) is 0.500. The van der Waals surface area contributed by atoms with Crippen LogP contribution in [-0.2, 0) is 20.7 Å². The number of carbonyl (C=O) groups excluding carboxylic acids is 3. The first-order chi connectivity index (χ1) is 15.0. The normalized spacial score (nSPS) is 14.9. The van der Waals surface area contributed by atoms with Crippen molar-refractivity contribution >= 4 is 45.5 Å². The molecule has 1 aliphatic heterocycles. The van der Waals surface area contributed by atoms with Crippen molar-refractivity contribution in [3.63, 3.8) is 0 Å². The Labute approximate surface area is 190 Å². The van der Waals surface area contributed by atoms with Gasteiger partial charge in [0.05, 0.1) is 18.2 Å². The molecule has 0 aliphatic carbocycles. The van der Waals surface area contributed by atoms with Gasteiger partial charge in [-0.2, -0.15) is 0 Å². The predicted molar refractivity (Wildman–Crippen MR) is 124 cm³/mol. The summed E-state index contributed by atoms with van der Waals surface area (Å²) in [6, 6.07) is 5.89. The molecular formula is C22H29N3O4S2. The number of nitrogens with one attached hydrogen (secondary N) is 2. The van der Waals surface area contributed by atoms with Crippen LogP contribution in [0.4, 0.5) is 5.00 Å². The van der Waals surface area contributed by atoms with E-state index in [2.05, 4.69) is 21.6 Å². The third kappa shape index (κ3) is 6.88. The van der Waals surface area contributed by atoms with Crippen molar-refractivity contribution in [3.8, 4) is 0 Å². The summed E-state index contributed by atoms with van der Waals surface area (Å²) in [5.41, 5.74) is 0.796. The summed E-state index contributed by atoms with van der Waals surface area (Å²) in [5.74, 6) is -0.354. The highest BCUT2D eigenvalue weighted by atomic mass is 32.1. The lowest BCUT2D eigenvalue weighted by atomic mass is 9.96. The van der Waals surface area contributed by atoms with E-state index >= 15 is 0 Å². The molecule has 2 amide bonds. The number of amides is 2. The molecule has 0 bridgehead atoms. The Hall–Kier alpha value is -2.23. The minimum atomic E-state index is -0.360. The van der Waals surface area contributed by atoms with Crippen molar-refractivity contribution in [3.05, 3.63) is 38.9 Å². The quantitative estimate of drug-likeness (QED) is 0.557. The van der Waals surface area contributed by atoms with Crippen molar-refractivity contribution in [2.24, 2.45) is 5.92 Å². The van der Waals surface area contributed by atoms with Crippen molar-refractivity contribution in [2.45, 2.75) is 33.1 Å². The zero-order valence-corrected chi connectivity index (χ0v) is 19.6. The molecule has 2 N–H and O–H groups in total. The number of rotatable bonds is 9. The predicted octanol–water partition coefficient (Wildman–Crippen LogP) is 3.30. The maximum atomic E-state index is 12.4. The monoisotopic (exact) mass is 463 g/mol. The van der Waals surface area contributed by atoms with Gasteiger partial charge in [-0.15, -0.1) is 22.7 Å². The SMILES string of the molecule is CCOC(=O)c1sc(NC(=O)CN2CCC(C(=O)NCCc3cccs3)CC2)cc1C. The van der Waals surface area contributed by atoms with E-state index in [4.69, 9.17) is 4.74 Å². The lowest BCUT2D eigenvalue weighted by molar-refractivity contribution is -0.126. The fourth-order valence-electron chi connectivity index (χ4n) is 3.58. The number of thiophene rings is 2. The lowest BCUT2D eigenvalue weighted by Crippen LogP contribution is -2.43. The molecule has 9 heteroatoms. The number of hydrogen-bond donors (Lipinski definition) is 2. The molecule has 0 atom stereocenters. The van der Waals surface area contributed by atoms with Crippen molar-refractivity contribution in [2.75, 3.05) is 38.1 Å². The van der Waals surface area contributed by atoms with Gasteiger partial charge in [0.25, 0.3) is 0 Å². The van der Waals surface area contributed by atoms with Crippen LogP contribution in [0.25, 0.3) is 0 Å². The fourth-order valence-corrected chi connectivity index (χ4v) is 5.28. The Bertz CT molecular complexity index is 887. The summed E-state index contributed by atoms with van der Waals surface area (Å²) in [5, 5.41) is 8.60. The van der Waals surface area contributed by atoms with Crippen LogP contribution < -0.4 is 10.6 Å². The van der Waals surface area contributed by atoms with E-state index in [1.807, 2.05) is 18.4 Å². The number of nitrogens with zero attached hydrogens (tertiary/aromatic N) is 1. The van der Waals surface area contributed by atoms with Crippen LogP contribution in [0, 0.1) is 12.8 Å². The van der Waals surface area contributed by atoms with Gasteiger partial charge in [-0.25, -0.2) is 4.79 Å². The number of esters is 1. The van der Waals surface area contributed by atoms with Gasteiger partial charge in [0.2, 0.25) is 11.8 Å². The number of aryl methyl sites for hydroxylation is 1. The molecule has 3 rings (SSSR count). The first-order valence-corrected chi connectivity index (χ1v) is 12.3. The molecule has 0 radical (unpaired) electrons. The van der Waals surface area contributed by atoms with Crippen LogP contribution in [0.2, 0.25) is 0 Å². The molecule has 3 heterocycles. The van der Waals surface area contributed by atoms with Gasteiger partial charge in [0, 0.05) is 17.3 Å². The minimum Gasteiger partial charge on any atom is -0.462 e. The van der Waals surface area contributed by atoms with Crippen LogP contribution in [-0.4, -0.2) is 55.5 Å². The van der Waals surface area contributed by atoms with Crippen LogP contribution in [0.1, 0.15) is 39.9 Å². The number of hydrogen-bond acceptors (Lipinski definition) is 7. The van der Waals surface area contributed by atoms with E-state index in [0.717, 1.165) is 24.8 Å². The highest BCUT2D eigenvalue weighted by Gasteiger charge is 2.26. The Kier molecular flexibility index (Phi) is 8.62. The number of carbonyl (C=O) groups is 3. The van der Waals surface area contributed by atoms with E-state index in [1.54, 1.807) is 24.3 Å². The summed E-state index contributed by atoms with van der Waals surface area (Å²) >= 11 is 2.94. The Morgan fingerprint density at radius 3 is 2.71 bits per heavy atom. The maximum Gasteiger partial charge on any atom is 0.348 e. The van der Waals surface area contributed by atoms with Gasteiger partial charge in [0.1, 0.15) is 4.88 Å². The van der Waals surface area contributed by atoms with E-state index in [0.29, 0.717) is 36.1 Å². The van der Waals surface area contributed by atoms with Crippen LogP contribution >= 0.6 is 22.7 Å². The molecule has 7 nitrogen and oxygen atoms in total. The molecular weight excluding hydrogens is 434 g/mol. The highest BCUT2D eigenvalue weighted by molar-refractivity contribution is 7.18. The molecule has 1 aliphatic rings. The standard InChI is InChI=1S/C22H29N3O4S2/c1-3-29-22(28)20-15(2)13-19(31-20)24-18(26)14-25-10-7-16(8-11-25)21(27)23-9-6-17-5-4-12-30-17/h4-5,12-13,16H,3,6-11,14H2,1-2H3,(H,23,27)(H,24,26). The van der Waals surface area contributed by atoms with Gasteiger partial charge < -0.3 is 15.4 Å².